The summed E-state index contributed by atoms with van der Waals surface area (Å²) in [6.45, 7) is 5.03. The van der Waals surface area contributed by atoms with Crippen molar-refractivity contribution in [3.05, 3.63) is 29.8 Å². The molecule has 2 rings (SSSR count). The van der Waals surface area contributed by atoms with Gasteiger partial charge >= 0.3 is 0 Å². The lowest BCUT2D eigenvalue weighted by Gasteiger charge is -2.31. The number of hydrogen-bond acceptors (Lipinski definition) is 4. The van der Waals surface area contributed by atoms with Crippen LogP contribution in [0, 0.1) is 12.8 Å². The molecule has 1 saturated heterocycles. The lowest BCUT2D eigenvalue weighted by Crippen LogP contribution is -2.45. The van der Waals surface area contributed by atoms with Gasteiger partial charge in [0.2, 0.25) is 15.9 Å². The highest BCUT2D eigenvalue weighted by Gasteiger charge is 2.33. The third-order valence-electron chi connectivity index (χ3n) is 4.31. The van der Waals surface area contributed by atoms with Crippen molar-refractivity contribution in [2.45, 2.75) is 44.0 Å². The molecule has 0 aliphatic carbocycles. The van der Waals surface area contributed by atoms with E-state index < -0.39 is 10.0 Å². The molecule has 0 spiro atoms. The summed E-state index contributed by atoms with van der Waals surface area (Å²) >= 11 is 0. The van der Waals surface area contributed by atoms with Gasteiger partial charge in [-0.1, -0.05) is 17.7 Å². The molecule has 1 aliphatic rings. The summed E-state index contributed by atoms with van der Waals surface area (Å²) in [6, 6.07) is 6.85. The van der Waals surface area contributed by atoms with Gasteiger partial charge in [0.1, 0.15) is 0 Å². The molecule has 1 aliphatic heterocycles. The third-order valence-corrected chi connectivity index (χ3v) is 6.19. The highest BCUT2D eigenvalue weighted by atomic mass is 32.2. The van der Waals surface area contributed by atoms with Crippen LogP contribution in [0.2, 0.25) is 0 Å². The minimum Gasteiger partial charge on any atom is -0.356 e. The molecule has 1 fully saturated rings. The lowest BCUT2D eigenvalue weighted by atomic mass is 9.99. The van der Waals surface area contributed by atoms with Crippen LogP contribution in [0.25, 0.3) is 0 Å². The second-order valence-electron chi connectivity index (χ2n) is 6.57. The van der Waals surface area contributed by atoms with Gasteiger partial charge in [0, 0.05) is 25.7 Å². The normalized spacial score (nSPS) is 20.5. The van der Waals surface area contributed by atoms with E-state index in [-0.39, 0.29) is 29.3 Å². The monoisotopic (exact) mass is 353 g/mol. The second kappa shape index (κ2) is 8.09. The molecule has 6 nitrogen and oxygen atoms in total. The maximum Gasteiger partial charge on any atom is 0.243 e. The Labute approximate surface area is 144 Å². The Morgan fingerprint density at radius 2 is 2.04 bits per heavy atom. The largest absolute Gasteiger partial charge is 0.356 e. The fourth-order valence-electron chi connectivity index (χ4n) is 2.80. The summed E-state index contributed by atoms with van der Waals surface area (Å²) in [5, 5.41) is 2.86. The second-order valence-corrected chi connectivity index (χ2v) is 8.51. The zero-order chi connectivity index (χ0) is 17.7. The van der Waals surface area contributed by atoms with Crippen LogP contribution in [0.5, 0.6) is 0 Å². The molecule has 2 atom stereocenters. The molecule has 24 heavy (non-hydrogen) atoms. The summed E-state index contributed by atoms with van der Waals surface area (Å²) in [5.74, 6) is -0.383. The molecule has 1 amide bonds. The smallest absolute Gasteiger partial charge is 0.243 e. The molecular formula is C17H27N3O3S. The van der Waals surface area contributed by atoms with Gasteiger partial charge in [0.05, 0.1) is 10.8 Å². The van der Waals surface area contributed by atoms with Crippen molar-refractivity contribution in [3.63, 3.8) is 0 Å². The topological polar surface area (TPSA) is 92.5 Å². The Morgan fingerprint density at radius 3 is 2.67 bits per heavy atom. The summed E-state index contributed by atoms with van der Waals surface area (Å²) in [6.07, 6.45) is 2.12. The number of piperidine rings is 1. The molecule has 0 radical (unpaired) electrons. The van der Waals surface area contributed by atoms with Crippen molar-refractivity contribution < 1.29 is 13.2 Å². The molecule has 1 aromatic rings. The molecule has 0 bridgehead atoms. The first-order valence-corrected chi connectivity index (χ1v) is 9.85. The number of sulfonamides is 1. The van der Waals surface area contributed by atoms with Crippen LogP contribution in [-0.2, 0) is 14.8 Å². The van der Waals surface area contributed by atoms with Crippen LogP contribution in [0.1, 0.15) is 31.7 Å². The number of nitrogens with two attached hydrogens (primary N) is 1. The van der Waals surface area contributed by atoms with Gasteiger partial charge in [-0.3, -0.25) is 4.79 Å². The standard InChI is InChI=1S/C17H27N3O3S/c1-13-5-7-16(8-6-13)24(22,23)20-11-3-4-15(12-20)17(21)19-10-9-14(2)18/h5-8,14-15H,3-4,9-12,18H2,1-2H3,(H,19,21). The van der Waals surface area contributed by atoms with E-state index in [0.717, 1.165) is 5.56 Å². The van der Waals surface area contributed by atoms with Crippen molar-refractivity contribution in [2.75, 3.05) is 19.6 Å². The van der Waals surface area contributed by atoms with Gasteiger partial charge in [-0.05, 0) is 45.2 Å². The van der Waals surface area contributed by atoms with Gasteiger partial charge in [-0.2, -0.15) is 4.31 Å². The van der Waals surface area contributed by atoms with Crippen LogP contribution < -0.4 is 11.1 Å². The number of amides is 1. The Kier molecular flexibility index (Phi) is 6.37. The highest BCUT2D eigenvalue weighted by molar-refractivity contribution is 7.89. The van der Waals surface area contributed by atoms with Gasteiger partial charge < -0.3 is 11.1 Å². The number of nitrogens with zero attached hydrogens (tertiary/aromatic N) is 1. The van der Waals surface area contributed by atoms with Gasteiger partial charge in [-0.15, -0.1) is 0 Å². The average Bonchev–Trinajstić information content (AvgIpc) is 2.55. The van der Waals surface area contributed by atoms with Crippen LogP contribution in [-0.4, -0.2) is 44.3 Å². The van der Waals surface area contributed by atoms with Crippen molar-refractivity contribution in [3.8, 4) is 0 Å². The SMILES string of the molecule is Cc1ccc(S(=O)(=O)N2CCCC(C(=O)NCCC(C)N)C2)cc1. The van der Waals surface area contributed by atoms with E-state index in [1.54, 1.807) is 24.3 Å². The van der Waals surface area contributed by atoms with Crippen LogP contribution >= 0.6 is 0 Å². The van der Waals surface area contributed by atoms with Gasteiger partial charge in [0.25, 0.3) is 0 Å². The minimum atomic E-state index is -3.55. The molecule has 7 heteroatoms. The number of aryl methyl sites for hydroxylation is 1. The Balaban J connectivity index is 2.01. The number of hydrogen-bond donors (Lipinski definition) is 2. The third kappa shape index (κ3) is 4.78. The molecule has 3 N–H and O–H groups in total. The average molecular weight is 353 g/mol. The predicted molar refractivity (Wildman–Crippen MR) is 93.9 cm³/mol. The predicted octanol–water partition coefficient (Wildman–Crippen LogP) is 1.25. The highest BCUT2D eigenvalue weighted by Crippen LogP contribution is 2.24. The zero-order valence-electron chi connectivity index (χ0n) is 14.4. The van der Waals surface area contributed by atoms with E-state index >= 15 is 0 Å². The number of benzene rings is 1. The quantitative estimate of drug-likeness (QED) is 0.805. The van der Waals surface area contributed by atoms with Crippen LogP contribution in [0.4, 0.5) is 0 Å². The van der Waals surface area contributed by atoms with Crippen molar-refractivity contribution in [1.82, 2.24) is 9.62 Å². The van der Waals surface area contributed by atoms with E-state index in [2.05, 4.69) is 5.32 Å². The minimum absolute atomic E-state index is 0.0371. The summed E-state index contributed by atoms with van der Waals surface area (Å²) in [4.78, 5) is 12.5. The van der Waals surface area contributed by atoms with Crippen LogP contribution in [0.15, 0.2) is 29.2 Å². The van der Waals surface area contributed by atoms with Crippen molar-refractivity contribution in [2.24, 2.45) is 11.7 Å². The van der Waals surface area contributed by atoms with E-state index in [1.807, 2.05) is 13.8 Å². The van der Waals surface area contributed by atoms with Crippen molar-refractivity contribution >= 4 is 15.9 Å². The maximum atomic E-state index is 12.7. The first-order chi connectivity index (χ1) is 11.3. The molecular weight excluding hydrogens is 326 g/mol. The molecule has 1 heterocycles. The van der Waals surface area contributed by atoms with Gasteiger partial charge in [0.15, 0.2) is 0 Å². The fraction of sp³-hybridized carbons (Fsp3) is 0.588. The fourth-order valence-corrected chi connectivity index (χ4v) is 4.33. The van der Waals surface area contributed by atoms with E-state index in [9.17, 15) is 13.2 Å². The zero-order valence-corrected chi connectivity index (χ0v) is 15.2. The molecule has 134 valence electrons. The first kappa shape index (κ1) is 18.9. The summed E-state index contributed by atoms with van der Waals surface area (Å²) < 4.78 is 26.9. The number of rotatable bonds is 6. The molecule has 2 unspecified atom stereocenters. The summed E-state index contributed by atoms with van der Waals surface area (Å²) in [7, 11) is -3.55. The van der Waals surface area contributed by atoms with Crippen molar-refractivity contribution in [1.29, 1.82) is 0 Å². The molecule has 0 aromatic heterocycles. The van der Waals surface area contributed by atoms with E-state index in [1.165, 1.54) is 4.31 Å². The first-order valence-electron chi connectivity index (χ1n) is 8.41. The van der Waals surface area contributed by atoms with E-state index in [0.29, 0.717) is 32.4 Å². The number of nitrogens with one attached hydrogen (secondary N) is 1. The molecule has 1 aromatic carbocycles. The van der Waals surface area contributed by atoms with Gasteiger partial charge in [-0.25, -0.2) is 8.42 Å². The number of carbonyl (C=O) groups is 1. The maximum absolute atomic E-state index is 12.7. The lowest BCUT2D eigenvalue weighted by molar-refractivity contribution is -0.126. The molecule has 0 saturated carbocycles. The Morgan fingerprint density at radius 1 is 1.38 bits per heavy atom. The number of carbonyl (C=O) groups excluding carboxylic acids is 1. The Hall–Kier alpha value is -1.44. The summed E-state index contributed by atoms with van der Waals surface area (Å²) in [5.41, 5.74) is 6.69. The van der Waals surface area contributed by atoms with E-state index in [4.69, 9.17) is 5.73 Å². The van der Waals surface area contributed by atoms with Crippen LogP contribution in [0.3, 0.4) is 0 Å². The Bertz CT molecular complexity index is 656.